The molecule has 0 heterocycles. The molecule has 0 aliphatic carbocycles. The van der Waals surface area contributed by atoms with E-state index in [1.54, 1.807) is 38.1 Å². The first-order valence-corrected chi connectivity index (χ1v) is 6.35. The van der Waals surface area contributed by atoms with E-state index in [1.807, 2.05) is 0 Å². The summed E-state index contributed by atoms with van der Waals surface area (Å²) in [6.07, 6.45) is -1.38. The highest BCUT2D eigenvalue weighted by Crippen LogP contribution is 2.31. The Morgan fingerprint density at radius 2 is 1.67 bits per heavy atom. The maximum absolute atomic E-state index is 12.9. The monoisotopic (exact) mass is 256 g/mol. The van der Waals surface area contributed by atoms with Gasteiger partial charge in [-0.2, -0.15) is 0 Å². The number of halogens is 2. The quantitative estimate of drug-likeness (QED) is 0.719. The van der Waals surface area contributed by atoms with Crippen molar-refractivity contribution in [1.29, 1.82) is 0 Å². The predicted molar refractivity (Wildman–Crippen MR) is 70.4 cm³/mol. The second-order valence-corrected chi connectivity index (χ2v) is 5.58. The Kier molecular flexibility index (Phi) is 5.12. The average molecular weight is 256 g/mol. The Morgan fingerprint density at radius 3 is 2.11 bits per heavy atom. The number of benzene rings is 1. The molecule has 102 valence electrons. The Morgan fingerprint density at radius 1 is 1.11 bits per heavy atom. The molecule has 0 fully saturated rings. The van der Waals surface area contributed by atoms with Crippen LogP contribution in [0.4, 0.5) is 8.78 Å². The summed E-state index contributed by atoms with van der Waals surface area (Å²) in [5.74, 6) is 1.34. The van der Waals surface area contributed by atoms with Crippen LogP contribution < -0.4 is 4.74 Å². The van der Waals surface area contributed by atoms with Gasteiger partial charge >= 0.3 is 0 Å². The molecule has 0 radical (unpaired) electrons. The summed E-state index contributed by atoms with van der Waals surface area (Å²) in [4.78, 5) is 0. The van der Waals surface area contributed by atoms with Crippen LogP contribution in [-0.4, -0.2) is 13.0 Å². The smallest absolute Gasteiger partial charge is 0.247 e. The number of hydrogen-bond donors (Lipinski definition) is 0. The summed E-state index contributed by atoms with van der Waals surface area (Å²) >= 11 is 0. The summed E-state index contributed by atoms with van der Waals surface area (Å²) in [6, 6.07) is 6.97. The minimum absolute atomic E-state index is 0.599. The summed E-state index contributed by atoms with van der Waals surface area (Å²) in [7, 11) is 0. The van der Waals surface area contributed by atoms with Gasteiger partial charge in [0.15, 0.2) is 0 Å². The van der Waals surface area contributed by atoms with Gasteiger partial charge < -0.3 is 4.74 Å². The summed E-state index contributed by atoms with van der Waals surface area (Å²) in [5, 5.41) is 0. The van der Waals surface area contributed by atoms with Crippen molar-refractivity contribution in [2.75, 3.05) is 6.61 Å². The Hall–Kier alpha value is -1.12. The van der Waals surface area contributed by atoms with E-state index in [0.29, 0.717) is 18.1 Å². The zero-order valence-corrected chi connectivity index (χ0v) is 11.5. The Bertz CT molecular complexity index is 355. The third kappa shape index (κ3) is 3.97. The lowest BCUT2D eigenvalue weighted by molar-refractivity contribution is 0.0693. The average Bonchev–Trinajstić information content (AvgIpc) is 2.29. The lowest BCUT2D eigenvalue weighted by atomic mass is 9.85. The van der Waals surface area contributed by atoms with Crippen LogP contribution in [0.1, 0.15) is 39.7 Å². The summed E-state index contributed by atoms with van der Waals surface area (Å²) in [5.41, 5.74) is -0.482. The largest absolute Gasteiger partial charge is 0.494 e. The number of rotatable bonds is 6. The van der Waals surface area contributed by atoms with Crippen LogP contribution in [0.25, 0.3) is 0 Å². The van der Waals surface area contributed by atoms with E-state index < -0.39 is 11.8 Å². The highest BCUT2D eigenvalue weighted by atomic mass is 19.3. The van der Waals surface area contributed by atoms with Crippen LogP contribution in [0.2, 0.25) is 0 Å². The minimum atomic E-state index is -2.37. The van der Waals surface area contributed by atoms with Crippen molar-refractivity contribution >= 4 is 0 Å². The molecular weight excluding hydrogens is 234 g/mol. The molecule has 1 aromatic carbocycles. The van der Waals surface area contributed by atoms with Gasteiger partial charge in [-0.15, -0.1) is 0 Å². The predicted octanol–water partition coefficient (Wildman–Crippen LogP) is 4.65. The SMILES string of the molecule is CC(C)CCOc1ccc(C(C)(C)C(F)F)cc1. The van der Waals surface area contributed by atoms with E-state index in [-0.39, 0.29) is 0 Å². The second kappa shape index (κ2) is 6.17. The van der Waals surface area contributed by atoms with Gasteiger partial charge in [-0.1, -0.05) is 39.8 Å². The van der Waals surface area contributed by atoms with E-state index in [4.69, 9.17) is 4.74 Å². The van der Waals surface area contributed by atoms with Crippen molar-refractivity contribution in [3.05, 3.63) is 29.8 Å². The standard InChI is InChI=1S/C15H22F2O/c1-11(2)9-10-18-13-7-5-12(6-8-13)15(3,4)14(16)17/h5-8,11,14H,9-10H2,1-4H3. The van der Waals surface area contributed by atoms with Gasteiger partial charge in [0, 0.05) is 0 Å². The topological polar surface area (TPSA) is 9.23 Å². The van der Waals surface area contributed by atoms with Gasteiger partial charge in [0.25, 0.3) is 0 Å². The third-order valence-corrected chi connectivity index (χ3v) is 3.11. The van der Waals surface area contributed by atoms with E-state index >= 15 is 0 Å². The van der Waals surface area contributed by atoms with Crippen LogP contribution in [0, 0.1) is 5.92 Å². The number of hydrogen-bond acceptors (Lipinski definition) is 1. The molecule has 0 saturated heterocycles. The molecule has 1 rings (SSSR count). The summed E-state index contributed by atoms with van der Waals surface area (Å²) in [6.45, 7) is 8.03. The van der Waals surface area contributed by atoms with Crippen molar-refractivity contribution in [3.63, 3.8) is 0 Å². The zero-order chi connectivity index (χ0) is 13.8. The molecule has 3 heteroatoms. The number of alkyl halides is 2. The molecule has 0 N–H and O–H groups in total. The van der Waals surface area contributed by atoms with Crippen LogP contribution in [0.5, 0.6) is 5.75 Å². The maximum Gasteiger partial charge on any atom is 0.247 e. The van der Waals surface area contributed by atoms with E-state index in [1.165, 1.54) is 0 Å². The van der Waals surface area contributed by atoms with Gasteiger partial charge in [-0.3, -0.25) is 0 Å². The molecule has 0 bridgehead atoms. The van der Waals surface area contributed by atoms with Crippen LogP contribution in [-0.2, 0) is 5.41 Å². The van der Waals surface area contributed by atoms with Gasteiger partial charge in [-0.05, 0) is 30.0 Å². The molecule has 1 aromatic rings. The first kappa shape index (κ1) is 14.9. The Labute approximate surface area is 108 Å². The van der Waals surface area contributed by atoms with Crippen molar-refractivity contribution in [2.45, 2.75) is 46.0 Å². The molecule has 1 nitrogen and oxygen atoms in total. The second-order valence-electron chi connectivity index (χ2n) is 5.58. The molecule has 0 saturated carbocycles. The van der Waals surface area contributed by atoms with Gasteiger partial charge in [0.2, 0.25) is 6.43 Å². The van der Waals surface area contributed by atoms with E-state index in [2.05, 4.69) is 13.8 Å². The van der Waals surface area contributed by atoms with Crippen molar-refractivity contribution in [1.82, 2.24) is 0 Å². The zero-order valence-electron chi connectivity index (χ0n) is 11.5. The van der Waals surface area contributed by atoms with Crippen LogP contribution >= 0.6 is 0 Å². The fraction of sp³-hybridized carbons (Fsp3) is 0.600. The van der Waals surface area contributed by atoms with Crippen molar-refractivity contribution in [2.24, 2.45) is 5.92 Å². The minimum Gasteiger partial charge on any atom is -0.494 e. The lowest BCUT2D eigenvalue weighted by Crippen LogP contribution is -2.26. The molecule has 0 aliphatic heterocycles. The van der Waals surface area contributed by atoms with Crippen LogP contribution in [0.15, 0.2) is 24.3 Å². The highest BCUT2D eigenvalue weighted by molar-refractivity contribution is 5.32. The number of ether oxygens (including phenoxy) is 1. The van der Waals surface area contributed by atoms with E-state index in [0.717, 1.165) is 12.2 Å². The molecule has 0 unspecified atom stereocenters. The van der Waals surface area contributed by atoms with Crippen LogP contribution in [0.3, 0.4) is 0 Å². The lowest BCUT2D eigenvalue weighted by Gasteiger charge is -2.24. The molecule has 0 aromatic heterocycles. The van der Waals surface area contributed by atoms with Crippen molar-refractivity contribution in [3.8, 4) is 5.75 Å². The van der Waals surface area contributed by atoms with Gasteiger partial charge in [-0.25, -0.2) is 8.78 Å². The van der Waals surface area contributed by atoms with E-state index in [9.17, 15) is 8.78 Å². The maximum atomic E-state index is 12.9. The van der Waals surface area contributed by atoms with Gasteiger partial charge in [0.05, 0.1) is 12.0 Å². The first-order chi connectivity index (χ1) is 8.34. The fourth-order valence-electron chi connectivity index (χ4n) is 1.52. The molecule has 0 amide bonds. The third-order valence-electron chi connectivity index (χ3n) is 3.11. The van der Waals surface area contributed by atoms with Gasteiger partial charge in [0.1, 0.15) is 5.75 Å². The van der Waals surface area contributed by atoms with Crippen molar-refractivity contribution < 1.29 is 13.5 Å². The molecule has 18 heavy (non-hydrogen) atoms. The molecule has 0 atom stereocenters. The molecule has 0 spiro atoms. The first-order valence-electron chi connectivity index (χ1n) is 6.35. The molecular formula is C15H22F2O. The Balaban J connectivity index is 2.63. The highest BCUT2D eigenvalue weighted by Gasteiger charge is 2.31. The normalized spacial score (nSPS) is 12.2. The molecule has 0 aliphatic rings. The summed E-state index contributed by atoms with van der Waals surface area (Å²) < 4.78 is 31.3. The fourth-order valence-corrected chi connectivity index (χ4v) is 1.52.